The maximum Gasteiger partial charge on any atom is 0.267 e. The van der Waals surface area contributed by atoms with Crippen LogP contribution < -0.4 is 0 Å². The van der Waals surface area contributed by atoms with Crippen molar-refractivity contribution in [1.82, 2.24) is 0 Å². The van der Waals surface area contributed by atoms with Gasteiger partial charge in [-0.05, 0) is 25.2 Å². The molecule has 3 nitrogen and oxygen atoms in total. The zero-order chi connectivity index (χ0) is 14.0. The Bertz CT molecular complexity index is 285. The minimum Gasteiger partial charge on any atom is -0.285 e. The molecule has 4 heteroatoms. The molecule has 0 bridgehead atoms. The van der Waals surface area contributed by atoms with Crippen molar-refractivity contribution >= 4 is 10.1 Å². The second-order valence-corrected chi connectivity index (χ2v) is 7.13. The summed E-state index contributed by atoms with van der Waals surface area (Å²) >= 11 is 0. The van der Waals surface area contributed by atoms with Gasteiger partial charge in [-0.15, -0.1) is 0 Å². The molecule has 0 heterocycles. The molecular weight excluding hydrogens is 248 g/mol. The van der Waals surface area contributed by atoms with E-state index in [9.17, 15) is 8.42 Å². The van der Waals surface area contributed by atoms with Gasteiger partial charge in [-0.1, -0.05) is 59.3 Å². The molecule has 0 spiro atoms. The summed E-state index contributed by atoms with van der Waals surface area (Å²) in [5, 5.41) is -0.569. The number of hydrogen-bond acceptors (Lipinski definition) is 2. The van der Waals surface area contributed by atoms with Crippen LogP contribution in [0, 0.1) is 5.92 Å². The van der Waals surface area contributed by atoms with Crippen LogP contribution in [0.5, 0.6) is 0 Å². The lowest BCUT2D eigenvalue weighted by atomic mass is 9.96. The Morgan fingerprint density at radius 1 is 0.944 bits per heavy atom. The molecule has 0 radical (unpaired) electrons. The number of unbranched alkanes of at least 4 members (excludes halogenated alkanes) is 4. The highest BCUT2D eigenvalue weighted by atomic mass is 32.2. The van der Waals surface area contributed by atoms with Crippen LogP contribution >= 0.6 is 0 Å². The molecule has 2 atom stereocenters. The number of rotatable bonds is 11. The third-order valence-corrected chi connectivity index (χ3v) is 5.07. The van der Waals surface area contributed by atoms with Gasteiger partial charge >= 0.3 is 0 Å². The molecule has 0 saturated carbocycles. The van der Waals surface area contributed by atoms with Gasteiger partial charge in [-0.3, -0.25) is 4.55 Å². The van der Waals surface area contributed by atoms with Crippen molar-refractivity contribution in [3.63, 3.8) is 0 Å². The van der Waals surface area contributed by atoms with E-state index in [0.29, 0.717) is 18.8 Å². The van der Waals surface area contributed by atoms with Gasteiger partial charge in [0.05, 0.1) is 5.25 Å². The van der Waals surface area contributed by atoms with Crippen molar-refractivity contribution in [1.29, 1.82) is 0 Å². The Balaban J connectivity index is 3.72. The van der Waals surface area contributed by atoms with Gasteiger partial charge in [0.25, 0.3) is 10.1 Å². The van der Waals surface area contributed by atoms with Crippen molar-refractivity contribution in [3.8, 4) is 0 Å². The van der Waals surface area contributed by atoms with Crippen LogP contribution in [0.3, 0.4) is 0 Å². The van der Waals surface area contributed by atoms with Crippen molar-refractivity contribution in [2.24, 2.45) is 5.92 Å². The Kier molecular flexibility index (Phi) is 9.74. The number of hydrogen-bond donors (Lipinski definition) is 1. The van der Waals surface area contributed by atoms with Gasteiger partial charge in [0, 0.05) is 0 Å². The first kappa shape index (κ1) is 17.9. The Labute approximate surface area is 113 Å². The molecule has 0 aliphatic carbocycles. The SMILES string of the molecule is CCCCCCCC(C)CCC(CC)S(=O)(=O)O. The maximum absolute atomic E-state index is 11.1. The summed E-state index contributed by atoms with van der Waals surface area (Å²) in [4.78, 5) is 0. The highest BCUT2D eigenvalue weighted by Gasteiger charge is 2.21. The first-order valence-electron chi connectivity index (χ1n) is 7.38. The van der Waals surface area contributed by atoms with E-state index in [2.05, 4.69) is 13.8 Å². The molecule has 0 aliphatic rings. The van der Waals surface area contributed by atoms with Crippen molar-refractivity contribution in [2.75, 3.05) is 0 Å². The predicted octanol–water partition coefficient (Wildman–Crippen LogP) is 4.43. The fourth-order valence-corrected chi connectivity index (χ4v) is 3.13. The van der Waals surface area contributed by atoms with Gasteiger partial charge in [0.2, 0.25) is 0 Å². The van der Waals surface area contributed by atoms with Crippen molar-refractivity contribution in [3.05, 3.63) is 0 Å². The van der Waals surface area contributed by atoms with Crippen LogP contribution in [0.15, 0.2) is 0 Å². The average Bonchev–Trinajstić information content (AvgIpc) is 2.27. The molecule has 0 fully saturated rings. The second-order valence-electron chi connectivity index (χ2n) is 5.43. The third-order valence-electron chi connectivity index (χ3n) is 3.66. The maximum atomic E-state index is 11.1. The minimum atomic E-state index is -3.84. The Morgan fingerprint density at radius 2 is 1.56 bits per heavy atom. The summed E-state index contributed by atoms with van der Waals surface area (Å²) in [6.45, 7) is 6.20. The summed E-state index contributed by atoms with van der Waals surface area (Å²) in [5.74, 6) is 0.558. The van der Waals surface area contributed by atoms with Crippen LogP contribution in [-0.2, 0) is 10.1 Å². The van der Waals surface area contributed by atoms with Gasteiger partial charge in [0.15, 0.2) is 0 Å². The lowest BCUT2D eigenvalue weighted by Crippen LogP contribution is -2.20. The van der Waals surface area contributed by atoms with Crippen LogP contribution in [0.25, 0.3) is 0 Å². The molecule has 0 aromatic heterocycles. The normalized spacial score (nSPS) is 15.6. The summed E-state index contributed by atoms with van der Waals surface area (Å²) < 4.78 is 31.2. The van der Waals surface area contributed by atoms with Gasteiger partial charge < -0.3 is 0 Å². The van der Waals surface area contributed by atoms with Crippen molar-refractivity contribution in [2.45, 2.75) is 83.8 Å². The molecule has 0 rings (SSSR count). The lowest BCUT2D eigenvalue weighted by Gasteiger charge is -2.15. The summed E-state index contributed by atoms with van der Waals surface area (Å²) in [6, 6.07) is 0. The molecule has 0 amide bonds. The third kappa shape index (κ3) is 8.92. The summed E-state index contributed by atoms with van der Waals surface area (Å²) in [5.41, 5.74) is 0. The second kappa shape index (κ2) is 9.79. The van der Waals surface area contributed by atoms with E-state index < -0.39 is 15.4 Å². The van der Waals surface area contributed by atoms with E-state index in [4.69, 9.17) is 4.55 Å². The van der Waals surface area contributed by atoms with Gasteiger partial charge in [-0.25, -0.2) is 0 Å². The Hall–Kier alpha value is -0.0900. The average molecular weight is 278 g/mol. The predicted molar refractivity (Wildman–Crippen MR) is 77.4 cm³/mol. The van der Waals surface area contributed by atoms with E-state index in [0.717, 1.165) is 6.42 Å². The largest absolute Gasteiger partial charge is 0.285 e. The topological polar surface area (TPSA) is 54.4 Å². The summed E-state index contributed by atoms with van der Waals surface area (Å²) in [7, 11) is -3.84. The van der Waals surface area contributed by atoms with Crippen molar-refractivity contribution < 1.29 is 13.0 Å². The summed E-state index contributed by atoms with van der Waals surface area (Å²) in [6.07, 6.45) is 9.58. The van der Waals surface area contributed by atoms with E-state index in [1.54, 1.807) is 0 Å². The van der Waals surface area contributed by atoms with E-state index in [1.807, 2.05) is 6.92 Å². The van der Waals surface area contributed by atoms with Crippen LogP contribution in [0.1, 0.15) is 78.6 Å². The fraction of sp³-hybridized carbons (Fsp3) is 1.00. The molecular formula is C14H30O3S. The minimum absolute atomic E-state index is 0.502. The zero-order valence-corrected chi connectivity index (χ0v) is 13.0. The molecule has 110 valence electrons. The first-order valence-corrected chi connectivity index (χ1v) is 8.88. The van der Waals surface area contributed by atoms with Crippen LogP contribution in [0.2, 0.25) is 0 Å². The van der Waals surface area contributed by atoms with Gasteiger partial charge in [0.1, 0.15) is 0 Å². The van der Waals surface area contributed by atoms with Gasteiger partial charge in [-0.2, -0.15) is 8.42 Å². The smallest absolute Gasteiger partial charge is 0.267 e. The first-order chi connectivity index (χ1) is 8.41. The molecule has 1 N–H and O–H groups in total. The molecule has 18 heavy (non-hydrogen) atoms. The van der Waals surface area contributed by atoms with E-state index >= 15 is 0 Å². The molecule has 2 unspecified atom stereocenters. The van der Waals surface area contributed by atoms with E-state index in [1.165, 1.54) is 38.5 Å². The van der Waals surface area contributed by atoms with Crippen LogP contribution in [-0.4, -0.2) is 18.2 Å². The molecule has 0 aromatic carbocycles. The van der Waals surface area contributed by atoms with E-state index in [-0.39, 0.29) is 0 Å². The molecule has 0 aromatic rings. The molecule has 0 aliphatic heterocycles. The lowest BCUT2D eigenvalue weighted by molar-refractivity contribution is 0.417. The monoisotopic (exact) mass is 278 g/mol. The standard InChI is InChI=1S/C14H30O3S/c1-4-6-7-8-9-10-13(3)11-12-14(5-2)18(15,16)17/h13-14H,4-12H2,1-3H3,(H,15,16,17). The quantitative estimate of drug-likeness (QED) is 0.449. The fourth-order valence-electron chi connectivity index (χ4n) is 2.27. The highest BCUT2D eigenvalue weighted by Crippen LogP contribution is 2.20. The Morgan fingerprint density at radius 3 is 2.06 bits per heavy atom. The zero-order valence-electron chi connectivity index (χ0n) is 12.2. The highest BCUT2D eigenvalue weighted by molar-refractivity contribution is 7.86. The van der Waals surface area contributed by atoms with Crippen LogP contribution in [0.4, 0.5) is 0 Å². The molecule has 0 saturated heterocycles.